The topological polar surface area (TPSA) is 60.5 Å². The molecule has 4 rings (SSSR count). The van der Waals surface area contributed by atoms with Gasteiger partial charge in [0.05, 0.1) is 10.7 Å². The number of benzene rings is 2. The van der Waals surface area contributed by atoms with E-state index < -0.39 is 0 Å². The van der Waals surface area contributed by atoms with Crippen LogP contribution >= 0.6 is 11.3 Å². The molecule has 1 aromatic heterocycles. The molecule has 0 spiro atoms. The smallest absolute Gasteiger partial charge is 0.263 e. The molecule has 0 bridgehead atoms. The van der Waals surface area contributed by atoms with Gasteiger partial charge >= 0.3 is 0 Å². The van der Waals surface area contributed by atoms with E-state index in [2.05, 4.69) is 22.4 Å². The molecular weight excluding hydrogens is 360 g/mol. The van der Waals surface area contributed by atoms with Gasteiger partial charge in [0.25, 0.3) is 5.91 Å². The number of hydrogen-bond acceptors (Lipinski definition) is 5. The molecule has 1 aliphatic heterocycles. The van der Waals surface area contributed by atoms with Crippen molar-refractivity contribution < 1.29 is 14.3 Å². The van der Waals surface area contributed by atoms with Gasteiger partial charge < -0.3 is 14.8 Å². The first-order valence-corrected chi connectivity index (χ1v) is 9.67. The van der Waals surface area contributed by atoms with Crippen LogP contribution in [0.2, 0.25) is 0 Å². The van der Waals surface area contributed by atoms with Gasteiger partial charge in [-0.25, -0.2) is 4.98 Å². The van der Waals surface area contributed by atoms with E-state index >= 15 is 0 Å². The monoisotopic (exact) mass is 380 g/mol. The quantitative estimate of drug-likeness (QED) is 0.708. The lowest BCUT2D eigenvalue weighted by molar-refractivity contribution is 0.0957. The molecule has 1 amide bonds. The molecule has 0 saturated heterocycles. The van der Waals surface area contributed by atoms with Crippen molar-refractivity contribution in [2.75, 3.05) is 13.3 Å². The first kappa shape index (κ1) is 17.5. The number of fused-ring (bicyclic) bond motifs is 1. The number of aryl methyl sites for hydroxylation is 1. The Morgan fingerprint density at radius 3 is 2.78 bits per heavy atom. The van der Waals surface area contributed by atoms with Crippen LogP contribution in [0.4, 0.5) is 0 Å². The maximum Gasteiger partial charge on any atom is 0.263 e. The van der Waals surface area contributed by atoms with E-state index in [9.17, 15) is 4.79 Å². The van der Waals surface area contributed by atoms with Gasteiger partial charge in [-0.2, -0.15) is 0 Å². The summed E-state index contributed by atoms with van der Waals surface area (Å²) in [5.41, 5.74) is 3.08. The molecule has 1 N–H and O–H groups in total. The summed E-state index contributed by atoms with van der Waals surface area (Å²) < 4.78 is 10.7. The molecular formula is C21H20N2O3S. The predicted octanol–water partition coefficient (Wildman–Crippen LogP) is 3.74. The van der Waals surface area contributed by atoms with Crippen LogP contribution in [0.3, 0.4) is 0 Å². The zero-order valence-corrected chi connectivity index (χ0v) is 15.8. The largest absolute Gasteiger partial charge is 0.454 e. The summed E-state index contributed by atoms with van der Waals surface area (Å²) in [4.78, 5) is 17.8. The van der Waals surface area contributed by atoms with Crippen molar-refractivity contribution >= 4 is 17.2 Å². The normalized spacial score (nSPS) is 12.2. The number of amides is 1. The van der Waals surface area contributed by atoms with Crippen molar-refractivity contribution in [1.29, 1.82) is 0 Å². The lowest BCUT2D eigenvalue weighted by atomic mass is 10.1. The summed E-state index contributed by atoms with van der Waals surface area (Å²) in [7, 11) is 0. The fourth-order valence-corrected chi connectivity index (χ4v) is 4.02. The Kier molecular flexibility index (Phi) is 5.07. The third kappa shape index (κ3) is 4.11. The molecule has 0 atom stereocenters. The highest BCUT2D eigenvalue weighted by Crippen LogP contribution is 2.32. The van der Waals surface area contributed by atoms with E-state index in [0.717, 1.165) is 40.6 Å². The summed E-state index contributed by atoms with van der Waals surface area (Å²) in [6.45, 7) is 2.72. The number of ether oxygens (including phenoxy) is 2. The molecule has 0 fully saturated rings. The highest BCUT2D eigenvalue weighted by Gasteiger charge is 2.16. The van der Waals surface area contributed by atoms with E-state index in [1.165, 1.54) is 16.9 Å². The second-order valence-corrected chi connectivity index (χ2v) is 7.46. The Morgan fingerprint density at radius 2 is 1.93 bits per heavy atom. The highest BCUT2D eigenvalue weighted by atomic mass is 32.1. The lowest BCUT2D eigenvalue weighted by Crippen LogP contribution is -2.25. The van der Waals surface area contributed by atoms with Crippen molar-refractivity contribution in [3.63, 3.8) is 0 Å². The van der Waals surface area contributed by atoms with E-state index in [1.807, 2.05) is 43.3 Å². The maximum absolute atomic E-state index is 12.5. The molecule has 3 aromatic rings. The minimum atomic E-state index is -0.0648. The first-order valence-electron chi connectivity index (χ1n) is 8.86. The molecule has 0 saturated carbocycles. The molecule has 1 aliphatic rings. The molecule has 2 heterocycles. The van der Waals surface area contributed by atoms with Crippen molar-refractivity contribution in [1.82, 2.24) is 10.3 Å². The number of aromatic nitrogens is 1. The van der Waals surface area contributed by atoms with Crippen molar-refractivity contribution in [2.24, 2.45) is 0 Å². The number of hydrogen-bond donors (Lipinski definition) is 1. The number of thiazole rings is 1. The highest BCUT2D eigenvalue weighted by molar-refractivity contribution is 7.13. The van der Waals surface area contributed by atoms with Gasteiger partial charge in [-0.15, -0.1) is 11.3 Å². The summed E-state index contributed by atoms with van der Waals surface area (Å²) in [5.74, 6) is 1.47. The number of nitrogens with one attached hydrogen (secondary N) is 1. The van der Waals surface area contributed by atoms with E-state index in [4.69, 9.17) is 9.47 Å². The fraction of sp³-hybridized carbons (Fsp3) is 0.238. The van der Waals surface area contributed by atoms with Gasteiger partial charge in [0, 0.05) is 13.0 Å². The van der Waals surface area contributed by atoms with E-state index in [-0.39, 0.29) is 12.7 Å². The number of carbonyl (C=O) groups excluding carboxylic acids is 1. The Hall–Kier alpha value is -2.86. The Morgan fingerprint density at radius 1 is 1.11 bits per heavy atom. The summed E-state index contributed by atoms with van der Waals surface area (Å²) in [5, 5.41) is 3.95. The standard InChI is InChI=1S/C21H20N2O3S/c1-14-20(27-19(23-14)12-15-5-3-2-4-6-15)21(24)22-10-9-16-7-8-17-18(11-16)26-13-25-17/h2-8,11H,9-10,12-13H2,1H3,(H,22,24). The number of rotatable bonds is 6. The van der Waals surface area contributed by atoms with Crippen LogP contribution in [0, 0.1) is 6.92 Å². The SMILES string of the molecule is Cc1nc(Cc2ccccc2)sc1C(=O)NCCc1ccc2c(c1)OCO2. The van der Waals surface area contributed by atoms with Gasteiger partial charge in [0.1, 0.15) is 4.88 Å². The average molecular weight is 380 g/mol. The predicted molar refractivity (Wildman–Crippen MR) is 105 cm³/mol. The zero-order chi connectivity index (χ0) is 18.6. The molecule has 138 valence electrons. The van der Waals surface area contributed by atoms with Gasteiger partial charge in [-0.3, -0.25) is 4.79 Å². The van der Waals surface area contributed by atoms with Crippen LogP contribution in [0.5, 0.6) is 11.5 Å². The minimum absolute atomic E-state index is 0.0648. The molecule has 2 aromatic carbocycles. The Bertz CT molecular complexity index is 953. The van der Waals surface area contributed by atoms with Crippen LogP contribution in [0.15, 0.2) is 48.5 Å². The van der Waals surface area contributed by atoms with Crippen LogP contribution in [-0.4, -0.2) is 24.2 Å². The molecule has 0 aliphatic carbocycles. The van der Waals surface area contributed by atoms with E-state index in [1.54, 1.807) is 0 Å². The van der Waals surface area contributed by atoms with Crippen molar-refractivity contribution in [3.8, 4) is 11.5 Å². The van der Waals surface area contributed by atoms with Crippen LogP contribution in [-0.2, 0) is 12.8 Å². The lowest BCUT2D eigenvalue weighted by Gasteiger charge is -2.05. The Labute approximate surface area is 162 Å². The van der Waals surface area contributed by atoms with Crippen LogP contribution < -0.4 is 14.8 Å². The second-order valence-electron chi connectivity index (χ2n) is 6.38. The van der Waals surface area contributed by atoms with Crippen LogP contribution in [0.25, 0.3) is 0 Å². The fourth-order valence-electron chi connectivity index (χ4n) is 3.01. The zero-order valence-electron chi connectivity index (χ0n) is 15.0. The number of carbonyl (C=O) groups is 1. The summed E-state index contributed by atoms with van der Waals surface area (Å²) in [6.07, 6.45) is 1.48. The minimum Gasteiger partial charge on any atom is -0.454 e. The molecule has 6 heteroatoms. The van der Waals surface area contributed by atoms with Gasteiger partial charge in [-0.05, 0) is 36.6 Å². The second kappa shape index (κ2) is 7.80. The molecule has 0 radical (unpaired) electrons. The maximum atomic E-state index is 12.5. The van der Waals surface area contributed by atoms with Gasteiger partial charge in [-0.1, -0.05) is 36.4 Å². The first-order chi connectivity index (χ1) is 13.2. The molecule has 5 nitrogen and oxygen atoms in total. The van der Waals surface area contributed by atoms with E-state index in [0.29, 0.717) is 11.4 Å². The summed E-state index contributed by atoms with van der Waals surface area (Å²) >= 11 is 1.47. The van der Waals surface area contributed by atoms with Crippen LogP contribution in [0.1, 0.15) is 31.5 Å². The van der Waals surface area contributed by atoms with Gasteiger partial charge in [0.2, 0.25) is 6.79 Å². The van der Waals surface area contributed by atoms with Crippen molar-refractivity contribution in [3.05, 3.63) is 75.2 Å². The number of nitrogens with zero attached hydrogens (tertiary/aromatic N) is 1. The Balaban J connectivity index is 1.34. The van der Waals surface area contributed by atoms with Crippen molar-refractivity contribution in [2.45, 2.75) is 19.8 Å². The third-order valence-electron chi connectivity index (χ3n) is 4.38. The summed E-state index contributed by atoms with van der Waals surface area (Å²) in [6, 6.07) is 16.0. The molecule has 0 unspecified atom stereocenters. The van der Waals surface area contributed by atoms with Gasteiger partial charge in [0.15, 0.2) is 11.5 Å². The molecule has 27 heavy (non-hydrogen) atoms. The third-order valence-corrected chi connectivity index (χ3v) is 5.54. The average Bonchev–Trinajstić information content (AvgIpc) is 3.28.